The minimum absolute atomic E-state index is 0.0238. The normalized spacial score (nSPS) is 11.8. The third kappa shape index (κ3) is 4.68. The first kappa shape index (κ1) is 20.3. The number of hydrogen-bond donors (Lipinski definition) is 1. The molecule has 1 atom stereocenters. The monoisotopic (exact) mass is 393 g/mol. The van der Waals surface area contributed by atoms with Gasteiger partial charge in [0.05, 0.1) is 5.39 Å². The maximum absolute atomic E-state index is 12.8. The minimum Gasteiger partial charge on any atom is -0.448 e. The summed E-state index contributed by atoms with van der Waals surface area (Å²) in [5, 5.41) is 7.73. The lowest BCUT2D eigenvalue weighted by Gasteiger charge is -2.15. The first-order chi connectivity index (χ1) is 14.0. The molecule has 0 radical (unpaired) electrons. The fraction of sp³-hybridized carbons (Fsp3) is 0.273. The highest BCUT2D eigenvalue weighted by Crippen LogP contribution is 2.16. The van der Waals surface area contributed by atoms with Crippen LogP contribution in [0.25, 0.3) is 10.8 Å². The Morgan fingerprint density at radius 2 is 1.72 bits per heavy atom. The fourth-order valence-electron chi connectivity index (χ4n) is 2.88. The standard InChI is InChI=1S/C22H23N3O4/c1-3-4-14-25-21(27)18-13-9-8-12-17(18)19(24-25)22(28)29-15(2)20(26)23-16-10-6-5-7-11-16/h5-13,15H,3-4,14H2,1-2H3,(H,23,26)/t15-/m0/s1. The number of nitrogens with one attached hydrogen (secondary N) is 1. The highest BCUT2D eigenvalue weighted by molar-refractivity contribution is 6.03. The van der Waals surface area contributed by atoms with Gasteiger partial charge < -0.3 is 10.1 Å². The fourth-order valence-corrected chi connectivity index (χ4v) is 2.88. The van der Waals surface area contributed by atoms with Crippen molar-refractivity contribution in [1.82, 2.24) is 9.78 Å². The molecule has 0 spiro atoms. The molecule has 0 bridgehead atoms. The number of esters is 1. The van der Waals surface area contributed by atoms with Gasteiger partial charge in [0, 0.05) is 17.6 Å². The molecule has 0 fully saturated rings. The summed E-state index contributed by atoms with van der Waals surface area (Å²) < 4.78 is 6.64. The van der Waals surface area contributed by atoms with Crippen LogP contribution in [-0.4, -0.2) is 27.8 Å². The van der Waals surface area contributed by atoms with Gasteiger partial charge in [0.2, 0.25) is 0 Å². The largest absolute Gasteiger partial charge is 0.448 e. The summed E-state index contributed by atoms with van der Waals surface area (Å²) in [4.78, 5) is 37.8. The van der Waals surface area contributed by atoms with Crippen LogP contribution < -0.4 is 10.9 Å². The zero-order valence-electron chi connectivity index (χ0n) is 16.4. The summed E-state index contributed by atoms with van der Waals surface area (Å²) in [5.41, 5.74) is 0.383. The number of benzene rings is 2. The smallest absolute Gasteiger partial charge is 0.360 e. The predicted molar refractivity (Wildman–Crippen MR) is 111 cm³/mol. The molecule has 1 N–H and O–H groups in total. The van der Waals surface area contributed by atoms with Crippen molar-refractivity contribution in [2.75, 3.05) is 5.32 Å². The molecule has 0 aliphatic carbocycles. The van der Waals surface area contributed by atoms with Gasteiger partial charge in [0.25, 0.3) is 11.5 Å². The summed E-state index contributed by atoms with van der Waals surface area (Å²) in [6, 6.07) is 15.7. The molecule has 0 aliphatic heterocycles. The number of para-hydroxylation sites is 1. The van der Waals surface area contributed by atoms with E-state index in [9.17, 15) is 14.4 Å². The number of carbonyl (C=O) groups excluding carboxylic acids is 2. The maximum Gasteiger partial charge on any atom is 0.360 e. The van der Waals surface area contributed by atoms with E-state index in [-0.39, 0.29) is 11.3 Å². The van der Waals surface area contributed by atoms with E-state index in [4.69, 9.17) is 4.74 Å². The number of ether oxygens (including phenoxy) is 1. The van der Waals surface area contributed by atoms with E-state index >= 15 is 0 Å². The van der Waals surface area contributed by atoms with Crippen LogP contribution in [0.4, 0.5) is 5.69 Å². The molecule has 0 saturated heterocycles. The Morgan fingerprint density at radius 3 is 2.41 bits per heavy atom. The number of anilines is 1. The number of aromatic nitrogens is 2. The Kier molecular flexibility index (Phi) is 6.39. The second-order valence-corrected chi connectivity index (χ2v) is 6.68. The van der Waals surface area contributed by atoms with Gasteiger partial charge in [0.15, 0.2) is 11.8 Å². The number of amides is 1. The van der Waals surface area contributed by atoms with Gasteiger partial charge in [-0.3, -0.25) is 9.59 Å². The third-order valence-electron chi connectivity index (χ3n) is 4.48. The van der Waals surface area contributed by atoms with Crippen molar-refractivity contribution in [3.05, 3.63) is 70.6 Å². The summed E-state index contributed by atoms with van der Waals surface area (Å²) in [6.45, 7) is 3.91. The van der Waals surface area contributed by atoms with Crippen LogP contribution in [0.5, 0.6) is 0 Å². The Bertz CT molecular complexity index is 1080. The SMILES string of the molecule is CCCCn1nc(C(=O)O[C@@H](C)C(=O)Nc2ccccc2)c2ccccc2c1=O. The van der Waals surface area contributed by atoms with Crippen molar-refractivity contribution in [1.29, 1.82) is 0 Å². The minimum atomic E-state index is -1.03. The predicted octanol–water partition coefficient (Wildman–Crippen LogP) is 3.38. The van der Waals surface area contributed by atoms with Crippen molar-refractivity contribution in [2.45, 2.75) is 39.3 Å². The van der Waals surface area contributed by atoms with E-state index in [0.717, 1.165) is 12.8 Å². The van der Waals surface area contributed by atoms with Crippen LogP contribution >= 0.6 is 0 Å². The summed E-state index contributed by atoms with van der Waals surface area (Å²) >= 11 is 0. The summed E-state index contributed by atoms with van der Waals surface area (Å²) in [5.74, 6) is -1.20. The molecule has 29 heavy (non-hydrogen) atoms. The number of hydrogen-bond acceptors (Lipinski definition) is 5. The average Bonchev–Trinajstić information content (AvgIpc) is 2.74. The number of aryl methyl sites for hydroxylation is 1. The van der Waals surface area contributed by atoms with E-state index in [1.165, 1.54) is 11.6 Å². The first-order valence-electron chi connectivity index (χ1n) is 9.58. The van der Waals surface area contributed by atoms with Crippen molar-refractivity contribution in [2.24, 2.45) is 0 Å². The Balaban J connectivity index is 1.85. The van der Waals surface area contributed by atoms with Crippen molar-refractivity contribution < 1.29 is 14.3 Å². The molecule has 7 heteroatoms. The van der Waals surface area contributed by atoms with Crippen molar-refractivity contribution in [3.63, 3.8) is 0 Å². The molecular weight excluding hydrogens is 370 g/mol. The van der Waals surface area contributed by atoms with E-state index in [1.54, 1.807) is 48.5 Å². The zero-order valence-corrected chi connectivity index (χ0v) is 16.4. The van der Waals surface area contributed by atoms with Crippen LogP contribution in [0.2, 0.25) is 0 Å². The number of carbonyl (C=O) groups is 2. The van der Waals surface area contributed by atoms with Crippen molar-refractivity contribution >= 4 is 28.3 Å². The van der Waals surface area contributed by atoms with Gasteiger partial charge in [-0.15, -0.1) is 0 Å². The summed E-state index contributed by atoms with van der Waals surface area (Å²) in [6.07, 6.45) is 0.617. The number of nitrogens with zero attached hydrogens (tertiary/aromatic N) is 2. The van der Waals surface area contributed by atoms with Crippen molar-refractivity contribution in [3.8, 4) is 0 Å². The molecule has 1 aromatic heterocycles. The van der Waals surface area contributed by atoms with Gasteiger partial charge in [-0.05, 0) is 31.5 Å². The summed E-state index contributed by atoms with van der Waals surface area (Å²) in [7, 11) is 0. The van der Waals surface area contributed by atoms with Crippen LogP contribution in [0.3, 0.4) is 0 Å². The second kappa shape index (κ2) is 9.14. The highest BCUT2D eigenvalue weighted by Gasteiger charge is 2.23. The lowest BCUT2D eigenvalue weighted by molar-refractivity contribution is -0.123. The van der Waals surface area contributed by atoms with Crippen LogP contribution in [-0.2, 0) is 16.1 Å². The van der Waals surface area contributed by atoms with E-state index in [0.29, 0.717) is 23.0 Å². The van der Waals surface area contributed by atoms with Gasteiger partial charge in [-0.25, -0.2) is 9.48 Å². The number of rotatable bonds is 7. The van der Waals surface area contributed by atoms with E-state index < -0.39 is 18.0 Å². The van der Waals surface area contributed by atoms with Gasteiger partial charge in [-0.2, -0.15) is 5.10 Å². The van der Waals surface area contributed by atoms with Crippen LogP contribution in [0.15, 0.2) is 59.4 Å². The first-order valence-corrected chi connectivity index (χ1v) is 9.58. The van der Waals surface area contributed by atoms with Gasteiger partial charge in [0.1, 0.15) is 0 Å². The molecule has 150 valence electrons. The molecule has 3 aromatic rings. The lowest BCUT2D eigenvalue weighted by atomic mass is 10.1. The molecule has 1 amide bonds. The van der Waals surface area contributed by atoms with Crippen LogP contribution in [0, 0.1) is 0 Å². The van der Waals surface area contributed by atoms with E-state index in [2.05, 4.69) is 10.4 Å². The Morgan fingerprint density at radius 1 is 1.07 bits per heavy atom. The second-order valence-electron chi connectivity index (χ2n) is 6.68. The number of fused-ring (bicyclic) bond motifs is 1. The molecule has 2 aromatic carbocycles. The molecule has 3 rings (SSSR count). The molecule has 0 aliphatic rings. The van der Waals surface area contributed by atoms with Gasteiger partial charge in [-0.1, -0.05) is 49.7 Å². The highest BCUT2D eigenvalue weighted by atomic mass is 16.5. The average molecular weight is 393 g/mol. The van der Waals surface area contributed by atoms with Crippen LogP contribution in [0.1, 0.15) is 37.2 Å². The maximum atomic E-state index is 12.8. The molecular formula is C22H23N3O4. The lowest BCUT2D eigenvalue weighted by Crippen LogP contribution is -2.32. The molecule has 0 saturated carbocycles. The van der Waals surface area contributed by atoms with Gasteiger partial charge >= 0.3 is 5.97 Å². The zero-order chi connectivity index (χ0) is 20.8. The molecule has 7 nitrogen and oxygen atoms in total. The quantitative estimate of drug-likeness (QED) is 0.622. The Labute approximate surface area is 168 Å². The Hall–Kier alpha value is -3.48. The third-order valence-corrected chi connectivity index (χ3v) is 4.48. The topological polar surface area (TPSA) is 90.3 Å². The number of unbranched alkanes of at least 4 members (excludes halogenated alkanes) is 1. The molecule has 1 heterocycles. The van der Waals surface area contributed by atoms with E-state index in [1.807, 2.05) is 13.0 Å². The molecule has 0 unspecified atom stereocenters.